The minimum absolute atomic E-state index is 0.0635. The van der Waals surface area contributed by atoms with Gasteiger partial charge in [0.1, 0.15) is 5.76 Å². The molecular weight excluding hydrogens is 256 g/mol. The summed E-state index contributed by atoms with van der Waals surface area (Å²) in [5.74, 6) is 1.65. The first kappa shape index (κ1) is 15.0. The van der Waals surface area contributed by atoms with Gasteiger partial charge < -0.3 is 14.9 Å². The van der Waals surface area contributed by atoms with Crippen molar-refractivity contribution < 1.29 is 14.4 Å². The highest BCUT2D eigenvalue weighted by Gasteiger charge is 2.26. The van der Waals surface area contributed by atoms with Crippen LogP contribution in [0.1, 0.15) is 42.7 Å². The van der Waals surface area contributed by atoms with Gasteiger partial charge in [0, 0.05) is 25.1 Å². The molecule has 1 aliphatic rings. The molecule has 2 atom stereocenters. The lowest BCUT2D eigenvalue weighted by Crippen LogP contribution is -2.31. The zero-order valence-corrected chi connectivity index (χ0v) is 12.3. The van der Waals surface area contributed by atoms with E-state index < -0.39 is 0 Å². The Labute approximate surface area is 119 Å². The number of nitrogens with one attached hydrogen (secondary N) is 1. The lowest BCUT2D eigenvalue weighted by atomic mass is 9.97. The van der Waals surface area contributed by atoms with E-state index in [4.69, 9.17) is 4.52 Å². The fourth-order valence-electron chi connectivity index (χ4n) is 3.05. The number of carbonyl (C=O) groups excluding carboxylic acids is 1. The van der Waals surface area contributed by atoms with Gasteiger partial charge in [0.15, 0.2) is 0 Å². The van der Waals surface area contributed by atoms with Crippen molar-refractivity contribution >= 4 is 5.91 Å². The van der Waals surface area contributed by atoms with Gasteiger partial charge in [-0.05, 0) is 44.9 Å². The van der Waals surface area contributed by atoms with Crippen LogP contribution in [0.2, 0.25) is 0 Å². The van der Waals surface area contributed by atoms with Gasteiger partial charge in [-0.2, -0.15) is 0 Å². The van der Waals surface area contributed by atoms with Crippen LogP contribution in [0.4, 0.5) is 0 Å². The van der Waals surface area contributed by atoms with Crippen LogP contribution in [-0.2, 0) is 11.2 Å². The molecule has 0 aromatic carbocycles. The maximum atomic E-state index is 11.9. The van der Waals surface area contributed by atoms with E-state index in [0.717, 1.165) is 36.3 Å². The molecule has 1 heterocycles. The number of hydrogen-bond donors (Lipinski definition) is 2. The molecule has 0 spiro atoms. The normalized spacial score (nSPS) is 22.1. The molecule has 1 aliphatic carbocycles. The van der Waals surface area contributed by atoms with E-state index in [0.29, 0.717) is 31.2 Å². The molecule has 0 bridgehead atoms. The number of hydrogen-bond acceptors (Lipinski definition) is 4. The van der Waals surface area contributed by atoms with Crippen LogP contribution in [-0.4, -0.2) is 29.3 Å². The number of aliphatic hydroxyl groups is 1. The molecule has 1 saturated carbocycles. The Balaban J connectivity index is 1.73. The highest BCUT2D eigenvalue weighted by Crippen LogP contribution is 2.30. The average molecular weight is 280 g/mol. The van der Waals surface area contributed by atoms with Gasteiger partial charge in [-0.15, -0.1) is 0 Å². The van der Waals surface area contributed by atoms with E-state index in [1.165, 1.54) is 0 Å². The quantitative estimate of drug-likeness (QED) is 0.832. The Morgan fingerprint density at radius 1 is 1.40 bits per heavy atom. The van der Waals surface area contributed by atoms with Crippen LogP contribution >= 0.6 is 0 Å². The van der Waals surface area contributed by atoms with Crippen molar-refractivity contribution in [2.24, 2.45) is 11.8 Å². The third kappa shape index (κ3) is 3.60. The number of aryl methyl sites for hydroxylation is 2. The molecule has 20 heavy (non-hydrogen) atoms. The van der Waals surface area contributed by atoms with Crippen molar-refractivity contribution in [1.82, 2.24) is 10.5 Å². The van der Waals surface area contributed by atoms with Crippen molar-refractivity contribution in [3.05, 3.63) is 17.0 Å². The third-order valence-electron chi connectivity index (χ3n) is 4.40. The SMILES string of the molecule is Cc1noc(C)c1CCC(=O)NCC1CCCC1CO. The second kappa shape index (κ2) is 6.88. The first-order chi connectivity index (χ1) is 9.61. The van der Waals surface area contributed by atoms with Gasteiger partial charge in [0.25, 0.3) is 0 Å². The smallest absolute Gasteiger partial charge is 0.220 e. The van der Waals surface area contributed by atoms with Crippen LogP contribution in [0, 0.1) is 25.7 Å². The van der Waals surface area contributed by atoms with Gasteiger partial charge in [0.05, 0.1) is 5.69 Å². The molecule has 0 saturated heterocycles. The third-order valence-corrected chi connectivity index (χ3v) is 4.40. The summed E-state index contributed by atoms with van der Waals surface area (Å²) in [5, 5.41) is 16.1. The van der Waals surface area contributed by atoms with Crippen molar-refractivity contribution in [1.29, 1.82) is 0 Å². The number of amides is 1. The Kier molecular flexibility index (Phi) is 5.17. The van der Waals surface area contributed by atoms with Crippen LogP contribution in [0.15, 0.2) is 4.52 Å². The predicted octanol–water partition coefficient (Wildman–Crippen LogP) is 1.75. The predicted molar refractivity (Wildman–Crippen MR) is 75.2 cm³/mol. The second-order valence-electron chi connectivity index (χ2n) is 5.74. The summed E-state index contributed by atoms with van der Waals surface area (Å²) in [6.45, 7) is 4.69. The van der Waals surface area contributed by atoms with Gasteiger partial charge in [0.2, 0.25) is 5.91 Å². The maximum Gasteiger partial charge on any atom is 0.220 e. The van der Waals surface area contributed by atoms with Crippen LogP contribution in [0.5, 0.6) is 0 Å². The van der Waals surface area contributed by atoms with Crippen molar-refractivity contribution in [2.45, 2.75) is 46.0 Å². The van der Waals surface area contributed by atoms with Crippen LogP contribution in [0.3, 0.4) is 0 Å². The van der Waals surface area contributed by atoms with Gasteiger partial charge in [-0.3, -0.25) is 4.79 Å². The molecule has 2 unspecified atom stereocenters. The van der Waals surface area contributed by atoms with Crippen molar-refractivity contribution in [2.75, 3.05) is 13.2 Å². The number of aliphatic hydroxyl groups excluding tert-OH is 1. The molecule has 112 valence electrons. The fraction of sp³-hybridized carbons (Fsp3) is 0.733. The lowest BCUT2D eigenvalue weighted by Gasteiger charge is -2.17. The highest BCUT2D eigenvalue weighted by atomic mass is 16.5. The summed E-state index contributed by atoms with van der Waals surface area (Å²) in [6, 6.07) is 0. The molecular formula is C15H24N2O3. The van der Waals surface area contributed by atoms with Gasteiger partial charge >= 0.3 is 0 Å². The van der Waals surface area contributed by atoms with E-state index in [2.05, 4.69) is 10.5 Å². The van der Waals surface area contributed by atoms with E-state index in [1.807, 2.05) is 13.8 Å². The van der Waals surface area contributed by atoms with Gasteiger partial charge in [-0.25, -0.2) is 0 Å². The van der Waals surface area contributed by atoms with E-state index in [-0.39, 0.29) is 12.5 Å². The largest absolute Gasteiger partial charge is 0.396 e. The summed E-state index contributed by atoms with van der Waals surface area (Å²) >= 11 is 0. The monoisotopic (exact) mass is 280 g/mol. The van der Waals surface area contributed by atoms with Crippen LogP contribution in [0.25, 0.3) is 0 Å². The molecule has 2 N–H and O–H groups in total. The minimum Gasteiger partial charge on any atom is -0.396 e. The molecule has 1 aromatic heterocycles. The number of nitrogens with zero attached hydrogens (tertiary/aromatic N) is 1. The summed E-state index contributed by atoms with van der Waals surface area (Å²) in [5.41, 5.74) is 1.90. The fourth-order valence-corrected chi connectivity index (χ4v) is 3.05. The van der Waals surface area contributed by atoms with Gasteiger partial charge in [-0.1, -0.05) is 11.6 Å². The maximum absolute atomic E-state index is 11.9. The van der Waals surface area contributed by atoms with E-state index >= 15 is 0 Å². The lowest BCUT2D eigenvalue weighted by molar-refractivity contribution is -0.121. The Hall–Kier alpha value is -1.36. The zero-order chi connectivity index (χ0) is 14.5. The summed E-state index contributed by atoms with van der Waals surface area (Å²) in [4.78, 5) is 11.9. The number of carbonyl (C=O) groups is 1. The molecule has 1 amide bonds. The van der Waals surface area contributed by atoms with E-state index in [9.17, 15) is 9.90 Å². The Morgan fingerprint density at radius 3 is 2.80 bits per heavy atom. The average Bonchev–Trinajstić information content (AvgIpc) is 3.01. The van der Waals surface area contributed by atoms with Crippen molar-refractivity contribution in [3.8, 4) is 0 Å². The van der Waals surface area contributed by atoms with Crippen LogP contribution < -0.4 is 5.32 Å². The zero-order valence-electron chi connectivity index (χ0n) is 12.3. The topological polar surface area (TPSA) is 75.4 Å². The molecule has 1 aromatic rings. The molecule has 5 heteroatoms. The Bertz CT molecular complexity index is 436. The van der Waals surface area contributed by atoms with Crippen molar-refractivity contribution in [3.63, 3.8) is 0 Å². The number of aromatic nitrogens is 1. The summed E-state index contributed by atoms with van der Waals surface area (Å²) in [6.07, 6.45) is 4.47. The summed E-state index contributed by atoms with van der Waals surface area (Å²) < 4.78 is 5.09. The second-order valence-corrected chi connectivity index (χ2v) is 5.74. The molecule has 5 nitrogen and oxygen atoms in total. The summed E-state index contributed by atoms with van der Waals surface area (Å²) in [7, 11) is 0. The first-order valence-corrected chi connectivity index (χ1v) is 7.41. The standard InChI is InChI=1S/C15H24N2O3/c1-10-14(11(2)20-17-10)6-7-15(19)16-8-12-4-3-5-13(12)9-18/h12-13,18H,3-9H2,1-2H3,(H,16,19). The molecule has 1 fully saturated rings. The molecule has 0 radical (unpaired) electrons. The molecule has 2 rings (SSSR count). The molecule has 0 aliphatic heterocycles. The van der Waals surface area contributed by atoms with E-state index in [1.54, 1.807) is 0 Å². The first-order valence-electron chi connectivity index (χ1n) is 7.41. The number of rotatable bonds is 6. The Morgan fingerprint density at radius 2 is 2.15 bits per heavy atom. The highest BCUT2D eigenvalue weighted by molar-refractivity contribution is 5.76. The minimum atomic E-state index is 0.0635.